The Morgan fingerprint density at radius 2 is 1.73 bits per heavy atom. The van der Waals surface area contributed by atoms with E-state index < -0.39 is 11.2 Å². The van der Waals surface area contributed by atoms with Crippen LogP contribution >= 0.6 is 23.4 Å². The number of carbonyl (C=O) groups is 2. The number of aryl methyl sites for hydroxylation is 1. The van der Waals surface area contributed by atoms with Crippen LogP contribution in [0.25, 0.3) is 0 Å². The van der Waals surface area contributed by atoms with Crippen molar-refractivity contribution in [2.75, 3.05) is 10.2 Å². The Kier molecular flexibility index (Phi) is 6.83. The molecule has 1 aliphatic rings. The molecule has 0 aliphatic carbocycles. The molecule has 7 heteroatoms. The fraction of sp³-hybridized carbons (Fsp3) is 0.115. The largest absolute Gasteiger partial charge is 0.321 e. The molecule has 3 aromatic carbocycles. The maximum Gasteiger partial charge on any atom is 0.269 e. The Labute approximate surface area is 201 Å². The maximum absolute atomic E-state index is 13.6. The Balaban J connectivity index is 1.76. The van der Waals surface area contributed by atoms with E-state index in [-0.39, 0.29) is 11.5 Å². The molecule has 0 radical (unpaired) electrons. The monoisotopic (exact) mass is 473 g/mol. The van der Waals surface area contributed by atoms with Crippen molar-refractivity contribution in [3.63, 3.8) is 0 Å². The molecule has 3 aromatic rings. The molecule has 0 aromatic heterocycles. The van der Waals surface area contributed by atoms with Gasteiger partial charge in [-0.05, 0) is 48.7 Å². The van der Waals surface area contributed by atoms with Crippen LogP contribution in [0, 0.1) is 18.3 Å². The summed E-state index contributed by atoms with van der Waals surface area (Å²) in [6.45, 7) is 1.89. The number of hydrogen-bond donors (Lipinski definition) is 1. The number of amides is 2. The van der Waals surface area contributed by atoms with Gasteiger partial charge in [0.2, 0.25) is 5.91 Å². The normalized spacial score (nSPS) is 16.9. The van der Waals surface area contributed by atoms with E-state index in [1.165, 1.54) is 16.7 Å². The molecule has 0 bridgehead atoms. The van der Waals surface area contributed by atoms with E-state index in [1.54, 1.807) is 30.3 Å². The van der Waals surface area contributed by atoms with Gasteiger partial charge in [-0.25, -0.2) is 0 Å². The van der Waals surface area contributed by atoms with Crippen LogP contribution < -0.4 is 10.2 Å². The molecule has 0 saturated carbocycles. The van der Waals surface area contributed by atoms with Gasteiger partial charge in [-0.1, -0.05) is 78.0 Å². The zero-order chi connectivity index (χ0) is 23.4. The first-order valence-corrected chi connectivity index (χ1v) is 11.6. The molecule has 4 rings (SSSR count). The summed E-state index contributed by atoms with van der Waals surface area (Å²) in [6.07, 6.45) is 0.383. The summed E-state index contributed by atoms with van der Waals surface area (Å²) < 4.78 is 0. The van der Waals surface area contributed by atoms with Gasteiger partial charge in [0.1, 0.15) is 16.7 Å². The molecule has 1 atom stereocenters. The smallest absolute Gasteiger partial charge is 0.269 e. The second kappa shape index (κ2) is 9.95. The third kappa shape index (κ3) is 4.80. The van der Waals surface area contributed by atoms with Crippen LogP contribution in [0.15, 0.2) is 89.5 Å². The van der Waals surface area contributed by atoms with Crippen molar-refractivity contribution in [3.8, 4) is 6.07 Å². The number of benzene rings is 3. The van der Waals surface area contributed by atoms with Crippen molar-refractivity contribution in [1.82, 2.24) is 0 Å². The van der Waals surface area contributed by atoms with Gasteiger partial charge < -0.3 is 5.32 Å². The Hall–Kier alpha value is -3.53. The lowest BCUT2D eigenvalue weighted by Gasteiger charge is -2.20. The van der Waals surface area contributed by atoms with E-state index in [1.807, 2.05) is 61.5 Å². The SMILES string of the molecule is Cc1ccccc1N1C(=O)[C@@H](Cc2ccccc2Cl)S/C1=C(\C#N)C(=O)Nc1ccccc1. The maximum atomic E-state index is 13.6. The van der Waals surface area contributed by atoms with Gasteiger partial charge >= 0.3 is 0 Å². The summed E-state index contributed by atoms with van der Waals surface area (Å²) in [5.74, 6) is -0.750. The number of carbonyl (C=O) groups excluding carboxylic acids is 2. The fourth-order valence-corrected chi connectivity index (χ4v) is 5.10. The zero-order valence-electron chi connectivity index (χ0n) is 17.8. The Morgan fingerprint density at radius 3 is 2.42 bits per heavy atom. The summed E-state index contributed by atoms with van der Waals surface area (Å²) in [6, 6.07) is 25.7. The first-order valence-electron chi connectivity index (χ1n) is 10.3. The highest BCUT2D eigenvalue weighted by molar-refractivity contribution is 8.05. The molecule has 1 N–H and O–H groups in total. The fourth-order valence-electron chi connectivity index (χ4n) is 3.60. The minimum Gasteiger partial charge on any atom is -0.321 e. The number of rotatable bonds is 5. The van der Waals surface area contributed by atoms with Crippen LogP contribution in [0.4, 0.5) is 11.4 Å². The third-order valence-electron chi connectivity index (χ3n) is 5.26. The van der Waals surface area contributed by atoms with E-state index in [2.05, 4.69) is 5.32 Å². The summed E-state index contributed by atoms with van der Waals surface area (Å²) in [7, 11) is 0. The van der Waals surface area contributed by atoms with Crippen LogP contribution in [0.1, 0.15) is 11.1 Å². The minimum atomic E-state index is -0.559. The topological polar surface area (TPSA) is 73.2 Å². The van der Waals surface area contributed by atoms with E-state index in [0.29, 0.717) is 27.8 Å². The summed E-state index contributed by atoms with van der Waals surface area (Å²) in [5, 5.41) is 13.1. The summed E-state index contributed by atoms with van der Waals surface area (Å²) >= 11 is 7.55. The summed E-state index contributed by atoms with van der Waals surface area (Å²) in [5.41, 5.74) is 2.81. The molecule has 0 spiro atoms. The molecule has 5 nitrogen and oxygen atoms in total. The van der Waals surface area contributed by atoms with Crippen LogP contribution in [-0.4, -0.2) is 17.1 Å². The molecule has 1 aliphatic heterocycles. The Morgan fingerprint density at radius 1 is 1.06 bits per heavy atom. The molecule has 1 saturated heterocycles. The predicted octanol–water partition coefficient (Wildman–Crippen LogP) is 5.71. The zero-order valence-corrected chi connectivity index (χ0v) is 19.4. The highest BCUT2D eigenvalue weighted by Crippen LogP contribution is 2.43. The lowest BCUT2D eigenvalue weighted by molar-refractivity contribution is -0.117. The molecular weight excluding hydrogens is 454 g/mol. The number of nitrogens with one attached hydrogen (secondary N) is 1. The van der Waals surface area contributed by atoms with Crippen molar-refractivity contribution in [2.45, 2.75) is 18.6 Å². The summed E-state index contributed by atoms with van der Waals surface area (Å²) in [4.78, 5) is 28.1. The minimum absolute atomic E-state index is 0.109. The van der Waals surface area contributed by atoms with Crippen molar-refractivity contribution in [3.05, 3.63) is 106 Å². The Bertz CT molecular complexity index is 1280. The number of nitriles is 1. The van der Waals surface area contributed by atoms with Crippen LogP contribution in [0.2, 0.25) is 5.02 Å². The van der Waals surface area contributed by atoms with Crippen LogP contribution in [-0.2, 0) is 16.0 Å². The van der Waals surface area contributed by atoms with Crippen molar-refractivity contribution in [2.24, 2.45) is 0 Å². The van der Waals surface area contributed by atoms with Crippen LogP contribution in [0.5, 0.6) is 0 Å². The van der Waals surface area contributed by atoms with Gasteiger partial charge in [0.25, 0.3) is 5.91 Å². The highest BCUT2D eigenvalue weighted by atomic mass is 35.5. The van der Waals surface area contributed by atoms with Crippen molar-refractivity contribution in [1.29, 1.82) is 5.26 Å². The molecule has 1 heterocycles. The number of halogens is 1. The van der Waals surface area contributed by atoms with Gasteiger partial charge in [0.15, 0.2) is 0 Å². The first-order chi connectivity index (χ1) is 16.0. The van der Waals surface area contributed by atoms with Crippen molar-refractivity contribution < 1.29 is 9.59 Å². The second-order valence-electron chi connectivity index (χ2n) is 7.47. The predicted molar refractivity (Wildman–Crippen MR) is 133 cm³/mol. The lowest BCUT2D eigenvalue weighted by Crippen LogP contribution is -2.31. The van der Waals surface area contributed by atoms with Gasteiger partial charge in [0.05, 0.1) is 10.9 Å². The molecule has 33 heavy (non-hydrogen) atoms. The van der Waals surface area contributed by atoms with Crippen LogP contribution in [0.3, 0.4) is 0 Å². The molecule has 2 amide bonds. The number of nitrogens with zero attached hydrogens (tertiary/aromatic N) is 2. The number of thioether (sulfide) groups is 1. The first kappa shape index (κ1) is 22.7. The average molecular weight is 474 g/mol. The van der Waals surface area contributed by atoms with Gasteiger partial charge in [-0.15, -0.1) is 0 Å². The van der Waals surface area contributed by atoms with Crippen molar-refractivity contribution >= 4 is 46.6 Å². The molecular formula is C26H20ClN3O2S. The number of hydrogen-bond acceptors (Lipinski definition) is 4. The highest BCUT2D eigenvalue weighted by Gasteiger charge is 2.41. The number of para-hydroxylation sites is 2. The van der Waals surface area contributed by atoms with E-state index in [4.69, 9.17) is 11.6 Å². The standard InChI is InChI=1S/C26H20ClN3O2S/c1-17-9-5-8-14-22(17)30-25(32)23(15-18-10-6-7-13-21(18)27)33-26(30)20(16-28)24(31)29-19-11-3-2-4-12-19/h2-14,23H,15H2,1H3,(H,29,31)/b26-20+/t23-/m1/s1. The second-order valence-corrected chi connectivity index (χ2v) is 9.07. The average Bonchev–Trinajstić information content (AvgIpc) is 3.12. The van der Waals surface area contributed by atoms with Gasteiger partial charge in [-0.3, -0.25) is 14.5 Å². The third-order valence-corrected chi connectivity index (χ3v) is 6.89. The van der Waals surface area contributed by atoms with Gasteiger partial charge in [0, 0.05) is 10.7 Å². The molecule has 0 unspecified atom stereocenters. The number of anilines is 2. The van der Waals surface area contributed by atoms with Gasteiger partial charge in [-0.2, -0.15) is 5.26 Å². The van der Waals surface area contributed by atoms with E-state index in [0.717, 1.165) is 11.1 Å². The molecule has 164 valence electrons. The quantitative estimate of drug-likeness (QED) is 0.380. The lowest BCUT2D eigenvalue weighted by atomic mass is 10.1. The molecule has 1 fully saturated rings. The van der Waals surface area contributed by atoms with E-state index >= 15 is 0 Å². The van der Waals surface area contributed by atoms with E-state index in [9.17, 15) is 14.9 Å².